The van der Waals surface area contributed by atoms with E-state index in [0.29, 0.717) is 6.10 Å². The third-order valence-electron chi connectivity index (χ3n) is 4.64. The van der Waals surface area contributed by atoms with Gasteiger partial charge in [0.2, 0.25) is 0 Å². The van der Waals surface area contributed by atoms with Gasteiger partial charge in [-0.05, 0) is 58.0 Å². The van der Waals surface area contributed by atoms with E-state index in [1.54, 1.807) is 0 Å². The lowest BCUT2D eigenvalue weighted by Gasteiger charge is -2.48. The monoisotopic (exact) mass is 332 g/mol. The molecule has 0 amide bonds. The van der Waals surface area contributed by atoms with Crippen molar-refractivity contribution in [3.8, 4) is 0 Å². The van der Waals surface area contributed by atoms with E-state index in [-0.39, 0.29) is 5.60 Å². The number of epoxide rings is 1. The van der Waals surface area contributed by atoms with Crippen LogP contribution in [-0.2, 0) is 17.1 Å². The molecule has 0 aromatic heterocycles. The maximum absolute atomic E-state index is 6.36. The van der Waals surface area contributed by atoms with Crippen molar-refractivity contribution in [1.29, 1.82) is 0 Å². The molecule has 2 unspecified atom stereocenters. The van der Waals surface area contributed by atoms with Crippen molar-refractivity contribution in [2.45, 2.75) is 82.6 Å². The summed E-state index contributed by atoms with van der Waals surface area (Å²) in [6.07, 6.45) is 6.80. The molecule has 2 aliphatic heterocycles. The molecule has 0 bridgehead atoms. The standard InChI is InChI=1S/C13H28O4Si3/c1-18(2)15-19(3,4)17-20(5,16-18)11-10-13-9-7-6-8-12(13)14-13/h12H,6-11H2,1-5H3. The summed E-state index contributed by atoms with van der Waals surface area (Å²) < 4.78 is 24.9. The van der Waals surface area contributed by atoms with E-state index in [4.69, 9.17) is 17.1 Å². The van der Waals surface area contributed by atoms with E-state index in [1.807, 2.05) is 0 Å². The summed E-state index contributed by atoms with van der Waals surface area (Å²) in [6, 6.07) is 1.06. The fraction of sp³-hybridized carbons (Fsp3) is 1.00. The van der Waals surface area contributed by atoms with Gasteiger partial charge in [0, 0.05) is 0 Å². The molecule has 0 spiro atoms. The van der Waals surface area contributed by atoms with Gasteiger partial charge in [-0.1, -0.05) is 12.8 Å². The SMILES string of the molecule is C[Si]1(C)O[Si](C)(C)O[Si](C)(CCC23CCCCC2O3)O1. The van der Waals surface area contributed by atoms with Crippen molar-refractivity contribution in [1.82, 2.24) is 0 Å². The van der Waals surface area contributed by atoms with Gasteiger partial charge in [0.1, 0.15) is 0 Å². The molecule has 2 atom stereocenters. The molecule has 0 radical (unpaired) electrons. The number of ether oxygens (including phenoxy) is 1. The predicted molar refractivity (Wildman–Crippen MR) is 85.3 cm³/mol. The van der Waals surface area contributed by atoms with Crippen molar-refractivity contribution in [2.24, 2.45) is 0 Å². The van der Waals surface area contributed by atoms with Crippen LogP contribution < -0.4 is 0 Å². The summed E-state index contributed by atoms with van der Waals surface area (Å²) in [5.41, 5.74) is 0.191. The van der Waals surface area contributed by atoms with Gasteiger partial charge >= 0.3 is 25.7 Å². The van der Waals surface area contributed by atoms with E-state index in [2.05, 4.69) is 32.7 Å². The first kappa shape index (κ1) is 15.4. The zero-order valence-corrected chi connectivity index (χ0v) is 16.5. The van der Waals surface area contributed by atoms with Gasteiger partial charge in [-0.3, -0.25) is 0 Å². The topological polar surface area (TPSA) is 40.2 Å². The second-order valence-corrected chi connectivity index (χ2v) is 18.5. The molecule has 1 saturated carbocycles. The normalized spacial score (nSPS) is 41.0. The molecule has 3 fully saturated rings. The largest absolute Gasteiger partial charge is 0.416 e. The Labute approximate surface area is 125 Å². The summed E-state index contributed by atoms with van der Waals surface area (Å²) in [5.74, 6) is 0. The third-order valence-corrected chi connectivity index (χ3v) is 17.1. The Morgan fingerprint density at radius 2 is 1.60 bits per heavy atom. The van der Waals surface area contributed by atoms with Crippen LogP contribution in [0.4, 0.5) is 0 Å². The second kappa shape index (κ2) is 4.74. The van der Waals surface area contributed by atoms with Gasteiger partial charge in [-0.25, -0.2) is 0 Å². The summed E-state index contributed by atoms with van der Waals surface area (Å²) >= 11 is 0. The maximum Gasteiger partial charge on any atom is 0.317 e. The molecule has 3 aliphatic rings. The van der Waals surface area contributed by atoms with Gasteiger partial charge in [0.05, 0.1) is 11.7 Å². The average molecular weight is 333 g/mol. The Balaban J connectivity index is 1.64. The average Bonchev–Trinajstić information content (AvgIpc) is 2.96. The van der Waals surface area contributed by atoms with Crippen LogP contribution in [0.1, 0.15) is 32.1 Å². The summed E-state index contributed by atoms with van der Waals surface area (Å²) in [7, 11) is -6.10. The van der Waals surface area contributed by atoms with E-state index in [9.17, 15) is 0 Å². The quantitative estimate of drug-likeness (QED) is 0.584. The zero-order valence-electron chi connectivity index (χ0n) is 13.5. The van der Waals surface area contributed by atoms with Crippen LogP contribution in [0.5, 0.6) is 0 Å². The molecule has 0 N–H and O–H groups in total. The van der Waals surface area contributed by atoms with E-state index >= 15 is 0 Å². The van der Waals surface area contributed by atoms with Gasteiger partial charge in [0.15, 0.2) is 0 Å². The van der Waals surface area contributed by atoms with Crippen molar-refractivity contribution in [3.05, 3.63) is 0 Å². The Hall–Kier alpha value is 0.491. The molecular formula is C13H28O4Si3. The summed E-state index contributed by atoms with van der Waals surface area (Å²) in [6.45, 7) is 10.9. The minimum absolute atomic E-state index is 0.191. The maximum atomic E-state index is 6.36. The lowest BCUT2D eigenvalue weighted by molar-refractivity contribution is 0.222. The molecule has 4 nitrogen and oxygen atoms in total. The van der Waals surface area contributed by atoms with Crippen LogP contribution in [0.2, 0.25) is 38.8 Å². The van der Waals surface area contributed by atoms with Crippen molar-refractivity contribution in [3.63, 3.8) is 0 Å². The van der Waals surface area contributed by atoms with Gasteiger partial charge in [-0.2, -0.15) is 0 Å². The van der Waals surface area contributed by atoms with Crippen molar-refractivity contribution < 1.29 is 17.1 Å². The third kappa shape index (κ3) is 3.13. The van der Waals surface area contributed by atoms with Gasteiger partial charge in [0.25, 0.3) is 0 Å². The second-order valence-electron chi connectivity index (χ2n) is 7.66. The number of hydrogen-bond donors (Lipinski definition) is 0. The van der Waals surface area contributed by atoms with Gasteiger partial charge < -0.3 is 17.1 Å². The van der Waals surface area contributed by atoms with Crippen LogP contribution in [-0.4, -0.2) is 37.4 Å². The Kier molecular flexibility index (Phi) is 3.65. The van der Waals surface area contributed by atoms with E-state index < -0.39 is 25.7 Å². The molecule has 1 aliphatic carbocycles. The minimum Gasteiger partial charge on any atom is -0.416 e. The van der Waals surface area contributed by atoms with E-state index in [0.717, 1.165) is 12.5 Å². The highest BCUT2D eigenvalue weighted by atomic mass is 28.5. The van der Waals surface area contributed by atoms with Crippen molar-refractivity contribution in [2.75, 3.05) is 0 Å². The highest BCUT2D eigenvalue weighted by Gasteiger charge is 2.59. The molecule has 0 aromatic carbocycles. The summed E-state index contributed by atoms with van der Waals surface area (Å²) in [4.78, 5) is 0. The number of hydrogen-bond acceptors (Lipinski definition) is 4. The lowest BCUT2D eigenvalue weighted by atomic mass is 9.87. The first-order valence-corrected chi connectivity index (χ1v) is 16.1. The zero-order chi connectivity index (χ0) is 14.6. The lowest BCUT2D eigenvalue weighted by Crippen LogP contribution is -2.65. The van der Waals surface area contributed by atoms with Crippen LogP contribution in [0.25, 0.3) is 0 Å². The Bertz CT molecular complexity index is 385. The fourth-order valence-corrected chi connectivity index (χ4v) is 20.5. The minimum atomic E-state index is -2.09. The number of fused-ring (bicyclic) bond motifs is 1. The highest BCUT2D eigenvalue weighted by molar-refractivity contribution is 6.92. The molecule has 0 aromatic rings. The highest BCUT2D eigenvalue weighted by Crippen LogP contribution is 2.52. The molecule has 2 saturated heterocycles. The predicted octanol–water partition coefficient (Wildman–Crippen LogP) is 3.63. The van der Waals surface area contributed by atoms with Gasteiger partial charge in [-0.15, -0.1) is 0 Å². The molecule has 2 heterocycles. The summed E-state index contributed by atoms with van der Waals surface area (Å²) in [5, 5.41) is 0. The van der Waals surface area contributed by atoms with Crippen molar-refractivity contribution >= 4 is 25.7 Å². The molecular weight excluding hydrogens is 304 g/mol. The first-order chi connectivity index (χ1) is 9.14. The van der Waals surface area contributed by atoms with Crippen LogP contribution in [0, 0.1) is 0 Å². The Morgan fingerprint density at radius 1 is 0.950 bits per heavy atom. The van der Waals surface area contributed by atoms with E-state index in [1.165, 1.54) is 25.7 Å². The van der Waals surface area contributed by atoms with Crippen LogP contribution in [0.15, 0.2) is 0 Å². The molecule has 20 heavy (non-hydrogen) atoms. The first-order valence-electron chi connectivity index (χ1n) is 7.92. The Morgan fingerprint density at radius 3 is 2.20 bits per heavy atom. The smallest absolute Gasteiger partial charge is 0.317 e. The van der Waals surface area contributed by atoms with Crippen LogP contribution in [0.3, 0.4) is 0 Å². The van der Waals surface area contributed by atoms with Crippen LogP contribution >= 0.6 is 0 Å². The molecule has 7 heteroatoms. The number of rotatable bonds is 3. The fourth-order valence-electron chi connectivity index (χ4n) is 4.13. The molecule has 3 rings (SSSR count). The molecule has 116 valence electrons.